The third-order valence-electron chi connectivity index (χ3n) is 3.59. The fraction of sp³-hybridized carbons (Fsp3) is 0.235. The second-order valence-corrected chi connectivity index (χ2v) is 7.28. The Bertz CT molecular complexity index is 925. The fourth-order valence-electron chi connectivity index (χ4n) is 2.49. The van der Waals surface area contributed by atoms with Crippen LogP contribution in [-0.4, -0.2) is 27.5 Å². The Morgan fingerprint density at radius 2 is 1.68 bits per heavy atom. The van der Waals surface area contributed by atoms with Gasteiger partial charge in [-0.15, -0.1) is 0 Å². The number of aryl methyl sites for hydroxylation is 1. The van der Waals surface area contributed by atoms with Gasteiger partial charge in [-0.1, -0.05) is 6.07 Å². The number of sulfonamides is 1. The normalized spacial score (nSPS) is 13.2. The highest BCUT2D eigenvalue weighted by molar-refractivity contribution is 7.92. The van der Waals surface area contributed by atoms with E-state index in [1.165, 1.54) is 13.0 Å². The molecule has 0 saturated carbocycles. The molecule has 0 radical (unpaired) electrons. The van der Waals surface area contributed by atoms with Crippen LogP contribution < -0.4 is 19.5 Å². The van der Waals surface area contributed by atoms with E-state index in [0.29, 0.717) is 41.7 Å². The Kier molecular flexibility index (Phi) is 4.54. The molecule has 8 heteroatoms. The number of amides is 1. The molecular weight excluding hydrogens is 344 g/mol. The lowest BCUT2D eigenvalue weighted by Gasteiger charge is -2.19. The smallest absolute Gasteiger partial charge is 0.262 e. The van der Waals surface area contributed by atoms with Gasteiger partial charge < -0.3 is 14.8 Å². The van der Waals surface area contributed by atoms with Crippen LogP contribution in [0.2, 0.25) is 0 Å². The topological polar surface area (TPSA) is 93.7 Å². The Hall–Kier alpha value is -2.74. The molecule has 1 aliphatic heterocycles. The van der Waals surface area contributed by atoms with Crippen LogP contribution in [0.3, 0.4) is 0 Å². The van der Waals surface area contributed by atoms with Crippen LogP contribution in [-0.2, 0) is 14.8 Å². The van der Waals surface area contributed by atoms with Crippen molar-refractivity contribution in [3.8, 4) is 11.5 Å². The molecule has 1 heterocycles. The predicted octanol–water partition coefficient (Wildman–Crippen LogP) is 2.53. The van der Waals surface area contributed by atoms with Gasteiger partial charge in [0.05, 0.1) is 10.6 Å². The van der Waals surface area contributed by atoms with Gasteiger partial charge in [0.1, 0.15) is 13.2 Å². The summed E-state index contributed by atoms with van der Waals surface area (Å²) in [6, 6.07) is 9.57. The molecule has 0 saturated heterocycles. The van der Waals surface area contributed by atoms with Crippen LogP contribution in [0.1, 0.15) is 12.5 Å². The van der Waals surface area contributed by atoms with Crippen LogP contribution in [0, 0.1) is 6.92 Å². The van der Waals surface area contributed by atoms with Crippen LogP contribution in [0.4, 0.5) is 11.4 Å². The summed E-state index contributed by atoms with van der Waals surface area (Å²) < 4.78 is 38.9. The first-order chi connectivity index (χ1) is 11.8. The summed E-state index contributed by atoms with van der Waals surface area (Å²) in [5, 5.41) is 2.58. The number of rotatable bonds is 4. The molecule has 132 valence electrons. The third-order valence-corrected chi connectivity index (χ3v) is 5.12. The average molecular weight is 362 g/mol. The lowest BCUT2D eigenvalue weighted by molar-refractivity contribution is -0.114. The largest absolute Gasteiger partial charge is 0.486 e. The van der Waals surface area contributed by atoms with Crippen molar-refractivity contribution in [3.63, 3.8) is 0 Å². The molecular formula is C17H18N2O5S. The summed E-state index contributed by atoms with van der Waals surface area (Å²) in [6.45, 7) is 3.94. The van der Waals surface area contributed by atoms with Crippen LogP contribution in [0.15, 0.2) is 41.3 Å². The highest BCUT2D eigenvalue weighted by Crippen LogP contribution is 2.33. The third kappa shape index (κ3) is 3.85. The van der Waals surface area contributed by atoms with Crippen molar-refractivity contribution >= 4 is 27.3 Å². The van der Waals surface area contributed by atoms with Gasteiger partial charge in [-0.25, -0.2) is 8.42 Å². The number of hydrogen-bond acceptors (Lipinski definition) is 5. The zero-order valence-corrected chi connectivity index (χ0v) is 14.6. The van der Waals surface area contributed by atoms with Crippen molar-refractivity contribution in [3.05, 3.63) is 42.0 Å². The number of nitrogens with one attached hydrogen (secondary N) is 2. The molecule has 1 aliphatic rings. The number of carbonyl (C=O) groups is 1. The van der Waals surface area contributed by atoms with E-state index >= 15 is 0 Å². The molecule has 0 unspecified atom stereocenters. The molecule has 0 spiro atoms. The van der Waals surface area contributed by atoms with Crippen molar-refractivity contribution in [2.45, 2.75) is 18.7 Å². The minimum Gasteiger partial charge on any atom is -0.486 e. The molecule has 0 atom stereocenters. The van der Waals surface area contributed by atoms with Crippen molar-refractivity contribution < 1.29 is 22.7 Å². The van der Waals surface area contributed by atoms with E-state index in [9.17, 15) is 13.2 Å². The van der Waals surface area contributed by atoms with Crippen molar-refractivity contribution in [1.29, 1.82) is 0 Å². The van der Waals surface area contributed by atoms with E-state index in [2.05, 4.69) is 10.0 Å². The van der Waals surface area contributed by atoms with Gasteiger partial charge >= 0.3 is 0 Å². The molecule has 7 nitrogen and oxygen atoms in total. The maximum absolute atomic E-state index is 12.7. The number of ether oxygens (including phenoxy) is 2. The van der Waals surface area contributed by atoms with Gasteiger partial charge in [-0.3, -0.25) is 9.52 Å². The van der Waals surface area contributed by atoms with E-state index in [1.807, 2.05) is 0 Å². The van der Waals surface area contributed by atoms with Crippen LogP contribution >= 0.6 is 0 Å². The maximum atomic E-state index is 12.7. The highest BCUT2D eigenvalue weighted by Gasteiger charge is 2.20. The second kappa shape index (κ2) is 6.64. The Morgan fingerprint density at radius 1 is 1.00 bits per heavy atom. The number of carbonyl (C=O) groups excluding carboxylic acids is 1. The zero-order valence-electron chi connectivity index (χ0n) is 13.8. The Labute approximate surface area is 146 Å². The Morgan fingerprint density at radius 3 is 2.40 bits per heavy atom. The van der Waals surface area contributed by atoms with E-state index in [1.54, 1.807) is 37.3 Å². The van der Waals surface area contributed by atoms with E-state index in [-0.39, 0.29) is 10.8 Å². The standard InChI is InChI=1S/C17H18N2O5S/c1-11-3-4-13(18-12(2)20)10-17(11)25(21,22)19-14-5-6-15-16(9-14)24-8-7-23-15/h3-6,9-10,19H,7-8H2,1-2H3,(H,18,20). The number of anilines is 2. The summed E-state index contributed by atoms with van der Waals surface area (Å²) in [7, 11) is -3.83. The zero-order chi connectivity index (χ0) is 18.0. The predicted molar refractivity (Wildman–Crippen MR) is 93.7 cm³/mol. The lowest BCUT2D eigenvalue weighted by atomic mass is 10.2. The van der Waals surface area contributed by atoms with Gasteiger partial charge in [0, 0.05) is 18.7 Å². The Balaban J connectivity index is 1.90. The minimum absolute atomic E-state index is 0.0913. The first kappa shape index (κ1) is 17.1. The summed E-state index contributed by atoms with van der Waals surface area (Å²) >= 11 is 0. The van der Waals surface area contributed by atoms with Crippen LogP contribution in [0.5, 0.6) is 11.5 Å². The van der Waals surface area contributed by atoms with E-state index in [4.69, 9.17) is 9.47 Å². The molecule has 2 aromatic carbocycles. The second-order valence-electron chi connectivity index (χ2n) is 5.63. The molecule has 25 heavy (non-hydrogen) atoms. The quantitative estimate of drug-likeness (QED) is 0.872. The van der Waals surface area contributed by atoms with Gasteiger partial charge in [0.2, 0.25) is 5.91 Å². The van der Waals surface area contributed by atoms with E-state index in [0.717, 1.165) is 0 Å². The van der Waals surface area contributed by atoms with Gasteiger partial charge in [-0.05, 0) is 36.8 Å². The number of hydrogen-bond donors (Lipinski definition) is 2. The highest BCUT2D eigenvalue weighted by atomic mass is 32.2. The molecule has 1 amide bonds. The van der Waals surface area contributed by atoms with Gasteiger partial charge in [0.15, 0.2) is 11.5 Å². The first-order valence-corrected chi connectivity index (χ1v) is 9.14. The lowest BCUT2D eigenvalue weighted by Crippen LogP contribution is -2.17. The van der Waals surface area contributed by atoms with Crippen molar-refractivity contribution in [2.75, 3.05) is 23.3 Å². The molecule has 2 aromatic rings. The molecule has 2 N–H and O–H groups in total. The monoisotopic (exact) mass is 362 g/mol. The SMILES string of the molecule is CC(=O)Nc1ccc(C)c(S(=O)(=O)Nc2ccc3c(c2)OCCO3)c1. The summed E-state index contributed by atoms with van der Waals surface area (Å²) in [4.78, 5) is 11.3. The maximum Gasteiger partial charge on any atom is 0.262 e. The molecule has 0 aliphatic carbocycles. The fourth-order valence-corrected chi connectivity index (χ4v) is 3.81. The summed E-state index contributed by atoms with van der Waals surface area (Å²) in [5.41, 5.74) is 1.35. The van der Waals surface area contributed by atoms with Crippen molar-refractivity contribution in [2.24, 2.45) is 0 Å². The van der Waals surface area contributed by atoms with Crippen molar-refractivity contribution in [1.82, 2.24) is 0 Å². The molecule has 0 aromatic heterocycles. The number of fused-ring (bicyclic) bond motifs is 1. The molecule has 0 bridgehead atoms. The van der Waals surface area contributed by atoms with Gasteiger partial charge in [0.25, 0.3) is 10.0 Å². The van der Waals surface area contributed by atoms with Crippen LogP contribution in [0.25, 0.3) is 0 Å². The first-order valence-electron chi connectivity index (χ1n) is 7.66. The molecule has 0 fully saturated rings. The molecule has 3 rings (SSSR count). The minimum atomic E-state index is -3.83. The number of benzene rings is 2. The van der Waals surface area contributed by atoms with E-state index < -0.39 is 10.0 Å². The summed E-state index contributed by atoms with van der Waals surface area (Å²) in [6.07, 6.45) is 0. The summed E-state index contributed by atoms with van der Waals surface area (Å²) in [5.74, 6) is 0.806. The van der Waals surface area contributed by atoms with Gasteiger partial charge in [-0.2, -0.15) is 0 Å². The average Bonchev–Trinajstić information content (AvgIpc) is 2.55.